The second kappa shape index (κ2) is 5.64. The van der Waals surface area contributed by atoms with Gasteiger partial charge in [-0.15, -0.1) is 0 Å². The Kier molecular flexibility index (Phi) is 4.11. The first kappa shape index (κ1) is 14.6. The van der Waals surface area contributed by atoms with Crippen molar-refractivity contribution in [3.8, 4) is 5.75 Å². The summed E-state index contributed by atoms with van der Waals surface area (Å²) in [6.45, 7) is 0. The first-order chi connectivity index (χ1) is 9.43. The topological polar surface area (TPSA) is 73.3 Å². The summed E-state index contributed by atoms with van der Waals surface area (Å²) in [6.07, 6.45) is 0. The fourth-order valence-corrected chi connectivity index (χ4v) is 2.09. The number of rotatable bonds is 3. The Bertz CT molecular complexity index is 665. The molecule has 2 aromatic rings. The van der Waals surface area contributed by atoms with Crippen molar-refractivity contribution in [3.05, 3.63) is 40.1 Å². The molecule has 0 aliphatic carbocycles. The molecule has 2 aromatic carbocycles. The van der Waals surface area contributed by atoms with Crippen molar-refractivity contribution in [2.75, 3.05) is 23.9 Å². The van der Waals surface area contributed by atoms with Gasteiger partial charge in [-0.1, -0.05) is 23.2 Å². The van der Waals surface area contributed by atoms with Crippen molar-refractivity contribution in [3.63, 3.8) is 0 Å². The molecule has 0 aliphatic rings. The van der Waals surface area contributed by atoms with Gasteiger partial charge >= 0.3 is 0 Å². The number of methoxy groups -OCH3 is 1. The highest BCUT2D eigenvalue weighted by atomic mass is 35.5. The number of benzene rings is 2. The second-order valence-corrected chi connectivity index (χ2v) is 4.82. The quantitative estimate of drug-likeness (QED) is 0.747. The number of hydrogen-bond acceptors (Lipinski definition) is 4. The molecule has 106 valence electrons. The lowest BCUT2D eigenvalue weighted by Gasteiger charge is -2.14. The van der Waals surface area contributed by atoms with E-state index in [-0.39, 0.29) is 22.1 Å². The van der Waals surface area contributed by atoms with Gasteiger partial charge in [0.05, 0.1) is 29.2 Å². The van der Waals surface area contributed by atoms with Crippen LogP contribution in [-0.4, -0.2) is 7.11 Å². The number of halogens is 3. The minimum absolute atomic E-state index is 0.0467. The van der Waals surface area contributed by atoms with Crippen LogP contribution in [0.15, 0.2) is 24.3 Å². The molecule has 0 heterocycles. The highest BCUT2D eigenvalue weighted by Crippen LogP contribution is 2.36. The van der Waals surface area contributed by atoms with Crippen LogP contribution in [0.4, 0.5) is 27.1 Å². The third-order valence-electron chi connectivity index (χ3n) is 2.69. The van der Waals surface area contributed by atoms with E-state index in [9.17, 15) is 4.39 Å². The Morgan fingerprint density at radius 3 is 2.45 bits per heavy atom. The number of hydrogen-bond donors (Lipinski definition) is 3. The summed E-state index contributed by atoms with van der Waals surface area (Å²) in [5, 5.41) is 3.03. The van der Waals surface area contributed by atoms with E-state index < -0.39 is 5.82 Å². The van der Waals surface area contributed by atoms with Gasteiger partial charge in [0.2, 0.25) is 0 Å². The molecule has 20 heavy (non-hydrogen) atoms. The molecule has 0 amide bonds. The molecular formula is C13H12Cl2FN3O. The number of nitrogen functional groups attached to an aromatic ring is 2. The molecule has 0 fully saturated rings. The van der Waals surface area contributed by atoms with Crippen molar-refractivity contribution in [1.82, 2.24) is 0 Å². The average molecular weight is 316 g/mol. The van der Waals surface area contributed by atoms with Crippen LogP contribution in [0.3, 0.4) is 0 Å². The van der Waals surface area contributed by atoms with Gasteiger partial charge in [-0.2, -0.15) is 0 Å². The van der Waals surface area contributed by atoms with Crippen LogP contribution in [0.5, 0.6) is 5.75 Å². The van der Waals surface area contributed by atoms with E-state index in [1.54, 1.807) is 18.2 Å². The minimum atomic E-state index is -0.712. The molecule has 0 aromatic heterocycles. The maximum absolute atomic E-state index is 14.0. The van der Waals surface area contributed by atoms with Gasteiger partial charge in [0.25, 0.3) is 0 Å². The van der Waals surface area contributed by atoms with Crippen LogP contribution in [0.25, 0.3) is 0 Å². The Labute approximate surface area is 125 Å². The van der Waals surface area contributed by atoms with Crippen LogP contribution in [0.2, 0.25) is 10.0 Å². The van der Waals surface area contributed by atoms with Crippen LogP contribution in [-0.2, 0) is 0 Å². The molecule has 0 bridgehead atoms. The van der Waals surface area contributed by atoms with E-state index in [4.69, 9.17) is 39.4 Å². The molecule has 5 N–H and O–H groups in total. The summed E-state index contributed by atoms with van der Waals surface area (Å²) in [7, 11) is 1.51. The molecule has 0 radical (unpaired) electrons. The molecule has 7 heteroatoms. The zero-order chi connectivity index (χ0) is 14.9. The van der Waals surface area contributed by atoms with Crippen LogP contribution in [0, 0.1) is 5.82 Å². The van der Waals surface area contributed by atoms with Gasteiger partial charge in [0, 0.05) is 5.69 Å². The van der Waals surface area contributed by atoms with Crippen LogP contribution in [0.1, 0.15) is 0 Å². The van der Waals surface area contributed by atoms with E-state index in [1.165, 1.54) is 13.2 Å². The van der Waals surface area contributed by atoms with E-state index >= 15 is 0 Å². The number of nitrogens with one attached hydrogen (secondary N) is 1. The Balaban J connectivity index is 2.40. The van der Waals surface area contributed by atoms with E-state index in [0.717, 1.165) is 0 Å². The summed E-state index contributed by atoms with van der Waals surface area (Å²) < 4.78 is 19.1. The van der Waals surface area contributed by atoms with Gasteiger partial charge in [0.15, 0.2) is 5.82 Å². The molecule has 0 unspecified atom stereocenters. The Morgan fingerprint density at radius 1 is 1.15 bits per heavy atom. The van der Waals surface area contributed by atoms with Gasteiger partial charge in [-0.3, -0.25) is 0 Å². The average Bonchev–Trinajstić information content (AvgIpc) is 2.41. The van der Waals surface area contributed by atoms with Crippen molar-refractivity contribution < 1.29 is 9.13 Å². The summed E-state index contributed by atoms with van der Waals surface area (Å²) in [5.74, 6) is -0.197. The Morgan fingerprint density at radius 2 is 1.85 bits per heavy atom. The molecule has 0 spiro atoms. The SMILES string of the molecule is COc1ccc(Nc2c(N)cc(N)c(Cl)c2F)cc1Cl. The summed E-state index contributed by atoms with van der Waals surface area (Å²) in [5.41, 5.74) is 12.1. The predicted molar refractivity (Wildman–Crippen MR) is 81.5 cm³/mol. The lowest BCUT2D eigenvalue weighted by molar-refractivity contribution is 0.415. The maximum Gasteiger partial charge on any atom is 0.169 e. The Hall–Kier alpha value is -1.85. The third kappa shape index (κ3) is 2.69. The summed E-state index contributed by atoms with van der Waals surface area (Å²) in [4.78, 5) is 0. The van der Waals surface area contributed by atoms with E-state index in [0.29, 0.717) is 16.5 Å². The first-order valence-electron chi connectivity index (χ1n) is 5.57. The molecular weight excluding hydrogens is 304 g/mol. The fourth-order valence-electron chi connectivity index (χ4n) is 1.68. The highest BCUT2D eigenvalue weighted by molar-refractivity contribution is 6.34. The zero-order valence-corrected chi connectivity index (χ0v) is 12.0. The third-order valence-corrected chi connectivity index (χ3v) is 3.37. The second-order valence-electron chi connectivity index (χ2n) is 4.03. The normalized spacial score (nSPS) is 10.4. The minimum Gasteiger partial charge on any atom is -0.495 e. The van der Waals surface area contributed by atoms with E-state index in [1.807, 2.05) is 0 Å². The smallest absolute Gasteiger partial charge is 0.169 e. The van der Waals surface area contributed by atoms with Gasteiger partial charge < -0.3 is 21.5 Å². The number of anilines is 4. The predicted octanol–water partition coefficient (Wildman–Crippen LogP) is 4.05. The monoisotopic (exact) mass is 315 g/mol. The molecule has 0 saturated carbocycles. The molecule has 0 saturated heterocycles. The summed E-state index contributed by atoms with van der Waals surface area (Å²) in [6, 6.07) is 6.30. The van der Waals surface area contributed by atoms with Crippen molar-refractivity contribution in [2.24, 2.45) is 0 Å². The maximum atomic E-state index is 14.0. The summed E-state index contributed by atoms with van der Waals surface area (Å²) >= 11 is 11.8. The number of ether oxygens (including phenoxy) is 1. The first-order valence-corrected chi connectivity index (χ1v) is 6.33. The lowest BCUT2D eigenvalue weighted by Crippen LogP contribution is -2.02. The lowest BCUT2D eigenvalue weighted by atomic mass is 10.2. The van der Waals surface area contributed by atoms with Gasteiger partial charge in [0.1, 0.15) is 10.8 Å². The van der Waals surface area contributed by atoms with E-state index in [2.05, 4.69) is 5.32 Å². The fraction of sp³-hybridized carbons (Fsp3) is 0.0769. The zero-order valence-electron chi connectivity index (χ0n) is 10.5. The number of nitrogens with two attached hydrogens (primary N) is 2. The van der Waals surface area contributed by atoms with Gasteiger partial charge in [-0.05, 0) is 24.3 Å². The van der Waals surface area contributed by atoms with Crippen molar-refractivity contribution >= 4 is 46.0 Å². The van der Waals surface area contributed by atoms with Crippen molar-refractivity contribution in [2.45, 2.75) is 0 Å². The standard InChI is InChI=1S/C13H12Cl2FN3O/c1-20-10-3-2-6(4-7(10)14)19-13-9(18)5-8(17)11(15)12(13)16/h2-5,19H,17-18H2,1H3. The molecule has 0 aliphatic heterocycles. The van der Waals surface area contributed by atoms with Crippen LogP contribution >= 0.6 is 23.2 Å². The van der Waals surface area contributed by atoms with Crippen LogP contribution < -0.4 is 21.5 Å². The molecule has 2 rings (SSSR count). The molecule has 0 atom stereocenters. The van der Waals surface area contributed by atoms with Crippen molar-refractivity contribution in [1.29, 1.82) is 0 Å². The molecule has 4 nitrogen and oxygen atoms in total. The largest absolute Gasteiger partial charge is 0.495 e. The van der Waals surface area contributed by atoms with Gasteiger partial charge in [-0.25, -0.2) is 4.39 Å². The highest BCUT2D eigenvalue weighted by Gasteiger charge is 2.15.